The highest BCUT2D eigenvalue weighted by Crippen LogP contribution is 2.00. The molecule has 82 valence electrons. The van der Waals surface area contributed by atoms with Gasteiger partial charge in [0.15, 0.2) is 0 Å². The number of halogens is 1. The summed E-state index contributed by atoms with van der Waals surface area (Å²) in [7, 11) is 0. The molecule has 13 heavy (non-hydrogen) atoms. The molecule has 0 atom stereocenters. The molecule has 0 aliphatic rings. The van der Waals surface area contributed by atoms with Crippen LogP contribution in [0.15, 0.2) is 0 Å². The zero-order valence-corrected chi connectivity index (χ0v) is 11.0. The summed E-state index contributed by atoms with van der Waals surface area (Å²) in [4.78, 5) is 0. The Morgan fingerprint density at radius 3 is 1.85 bits per heavy atom. The van der Waals surface area contributed by atoms with Gasteiger partial charge in [0, 0.05) is 0 Å². The van der Waals surface area contributed by atoms with Gasteiger partial charge in [0.25, 0.3) is 0 Å². The van der Waals surface area contributed by atoms with E-state index >= 15 is 0 Å². The van der Waals surface area contributed by atoms with Gasteiger partial charge in [-0.25, -0.2) is 0 Å². The van der Waals surface area contributed by atoms with Crippen molar-refractivity contribution in [2.24, 2.45) is 0 Å². The second-order valence-electron chi connectivity index (χ2n) is 3.52. The van der Waals surface area contributed by atoms with E-state index in [1.54, 1.807) is 0 Å². The van der Waals surface area contributed by atoms with Gasteiger partial charge in [-0.15, -0.1) is 17.0 Å². The number of hydrogen-bond acceptors (Lipinski definition) is 1. The maximum Gasteiger partial charge on any atom is -0.00489 e. The van der Waals surface area contributed by atoms with Crippen LogP contribution in [0.4, 0.5) is 0 Å². The van der Waals surface area contributed by atoms with Crippen molar-refractivity contribution < 1.29 is 0 Å². The maximum atomic E-state index is 3.46. The minimum absolute atomic E-state index is 0. The summed E-state index contributed by atoms with van der Waals surface area (Å²) in [6.45, 7) is 6.94. The van der Waals surface area contributed by atoms with Crippen LogP contribution in [0.1, 0.15) is 58.8 Å². The van der Waals surface area contributed by atoms with Crippen LogP contribution in [0.5, 0.6) is 0 Å². The zero-order valence-electron chi connectivity index (χ0n) is 9.27. The van der Waals surface area contributed by atoms with Gasteiger partial charge in [0.2, 0.25) is 0 Å². The highest BCUT2D eigenvalue weighted by atomic mass is 79.9. The minimum Gasteiger partial charge on any atom is -0.317 e. The van der Waals surface area contributed by atoms with Crippen molar-refractivity contribution in [3.05, 3.63) is 0 Å². The first-order valence-electron chi connectivity index (χ1n) is 5.62. The molecule has 0 spiro atoms. The summed E-state index contributed by atoms with van der Waals surface area (Å²) < 4.78 is 0. The molecule has 0 bridgehead atoms. The van der Waals surface area contributed by atoms with Crippen molar-refractivity contribution in [2.45, 2.75) is 58.8 Å². The largest absolute Gasteiger partial charge is 0.317 e. The smallest absolute Gasteiger partial charge is 0.00489 e. The Morgan fingerprint density at radius 2 is 1.23 bits per heavy atom. The number of rotatable bonds is 9. The first-order chi connectivity index (χ1) is 5.91. The Hall–Kier alpha value is 0.440. The molecule has 0 aliphatic heterocycles. The molecule has 1 N–H and O–H groups in total. The fourth-order valence-electron chi connectivity index (χ4n) is 1.28. The lowest BCUT2D eigenvalue weighted by Gasteiger charge is -2.02. The van der Waals surface area contributed by atoms with E-state index in [-0.39, 0.29) is 17.0 Å². The van der Waals surface area contributed by atoms with Crippen LogP contribution in [0.3, 0.4) is 0 Å². The lowest BCUT2D eigenvalue weighted by molar-refractivity contribution is 0.572. The zero-order chi connectivity index (χ0) is 9.07. The van der Waals surface area contributed by atoms with Crippen LogP contribution in [0, 0.1) is 0 Å². The average Bonchev–Trinajstić information content (AvgIpc) is 2.10. The lowest BCUT2D eigenvalue weighted by atomic mass is 10.1. The third-order valence-corrected chi connectivity index (χ3v) is 2.16. The van der Waals surface area contributed by atoms with E-state index in [0.29, 0.717) is 0 Å². The van der Waals surface area contributed by atoms with E-state index < -0.39 is 0 Å². The Kier molecular flexibility index (Phi) is 18.3. The topological polar surface area (TPSA) is 12.0 Å². The SMILES string of the molecule is Br.CCCCCCCNCCCC. The first-order valence-corrected chi connectivity index (χ1v) is 5.62. The van der Waals surface area contributed by atoms with Crippen LogP contribution in [-0.4, -0.2) is 13.1 Å². The summed E-state index contributed by atoms with van der Waals surface area (Å²) >= 11 is 0. The van der Waals surface area contributed by atoms with Crippen LogP contribution in [0.2, 0.25) is 0 Å². The van der Waals surface area contributed by atoms with Crippen LogP contribution >= 0.6 is 17.0 Å². The van der Waals surface area contributed by atoms with Gasteiger partial charge >= 0.3 is 0 Å². The van der Waals surface area contributed by atoms with Crippen LogP contribution in [-0.2, 0) is 0 Å². The van der Waals surface area contributed by atoms with Gasteiger partial charge in [0.1, 0.15) is 0 Å². The average molecular weight is 252 g/mol. The maximum absolute atomic E-state index is 3.46. The second kappa shape index (κ2) is 14.9. The van der Waals surface area contributed by atoms with Gasteiger partial charge in [0.05, 0.1) is 0 Å². The monoisotopic (exact) mass is 251 g/mol. The highest BCUT2D eigenvalue weighted by molar-refractivity contribution is 8.93. The molecule has 0 aliphatic carbocycles. The second-order valence-corrected chi connectivity index (χ2v) is 3.52. The van der Waals surface area contributed by atoms with E-state index in [9.17, 15) is 0 Å². The van der Waals surface area contributed by atoms with E-state index in [0.717, 1.165) is 0 Å². The van der Waals surface area contributed by atoms with Crippen LogP contribution < -0.4 is 5.32 Å². The van der Waals surface area contributed by atoms with E-state index in [1.165, 1.54) is 58.0 Å². The van der Waals surface area contributed by atoms with Gasteiger partial charge in [-0.3, -0.25) is 0 Å². The molecule has 1 nitrogen and oxygen atoms in total. The molecule has 0 fully saturated rings. The number of unbranched alkanes of at least 4 members (excludes halogenated alkanes) is 5. The molecule has 0 aromatic rings. The van der Waals surface area contributed by atoms with Crippen molar-refractivity contribution >= 4 is 17.0 Å². The lowest BCUT2D eigenvalue weighted by Crippen LogP contribution is -2.16. The van der Waals surface area contributed by atoms with Gasteiger partial charge < -0.3 is 5.32 Å². The van der Waals surface area contributed by atoms with E-state index in [2.05, 4.69) is 19.2 Å². The standard InChI is InChI=1S/C11H25N.BrH/c1-3-5-7-8-9-11-12-10-6-4-2;/h12H,3-11H2,1-2H3;1H. The third-order valence-electron chi connectivity index (χ3n) is 2.16. The van der Waals surface area contributed by atoms with Crippen molar-refractivity contribution in [3.63, 3.8) is 0 Å². The normalized spacial score (nSPS) is 9.69. The van der Waals surface area contributed by atoms with Gasteiger partial charge in [-0.1, -0.05) is 46.0 Å². The third kappa shape index (κ3) is 15.2. The Morgan fingerprint density at radius 1 is 0.692 bits per heavy atom. The Bertz CT molecular complexity index is 66.5. The fourth-order valence-corrected chi connectivity index (χ4v) is 1.28. The van der Waals surface area contributed by atoms with Gasteiger partial charge in [-0.05, 0) is 25.9 Å². The predicted molar refractivity (Wildman–Crippen MR) is 66.9 cm³/mol. The Labute approximate surface area is 94.5 Å². The Balaban J connectivity index is 0. The summed E-state index contributed by atoms with van der Waals surface area (Å²) in [6.07, 6.45) is 9.60. The molecule has 0 rings (SSSR count). The van der Waals surface area contributed by atoms with Crippen molar-refractivity contribution in [3.8, 4) is 0 Å². The highest BCUT2D eigenvalue weighted by Gasteiger charge is 1.88. The molecule has 0 amide bonds. The molecule has 0 radical (unpaired) electrons. The van der Waals surface area contributed by atoms with Crippen LogP contribution in [0.25, 0.3) is 0 Å². The minimum atomic E-state index is 0. The molecule has 0 unspecified atom stereocenters. The van der Waals surface area contributed by atoms with Crippen molar-refractivity contribution in [2.75, 3.05) is 13.1 Å². The summed E-state index contributed by atoms with van der Waals surface area (Å²) in [6, 6.07) is 0. The fraction of sp³-hybridized carbons (Fsp3) is 1.00. The number of hydrogen-bond donors (Lipinski definition) is 1. The number of nitrogens with one attached hydrogen (secondary N) is 1. The van der Waals surface area contributed by atoms with E-state index in [4.69, 9.17) is 0 Å². The first kappa shape index (κ1) is 15.9. The summed E-state index contributed by atoms with van der Waals surface area (Å²) in [5.74, 6) is 0. The molecular formula is C11H26BrN. The summed E-state index contributed by atoms with van der Waals surface area (Å²) in [5, 5.41) is 3.46. The molecule has 0 heterocycles. The molecule has 0 saturated carbocycles. The summed E-state index contributed by atoms with van der Waals surface area (Å²) in [5.41, 5.74) is 0. The molecule has 0 aromatic carbocycles. The molecular weight excluding hydrogens is 226 g/mol. The quantitative estimate of drug-likeness (QED) is 0.613. The van der Waals surface area contributed by atoms with Crippen molar-refractivity contribution in [1.29, 1.82) is 0 Å². The predicted octanol–water partition coefficient (Wildman–Crippen LogP) is 3.92. The van der Waals surface area contributed by atoms with E-state index in [1.807, 2.05) is 0 Å². The molecule has 0 saturated heterocycles. The molecule has 0 aromatic heterocycles. The van der Waals surface area contributed by atoms with Crippen molar-refractivity contribution in [1.82, 2.24) is 5.32 Å². The molecule has 2 heteroatoms. The van der Waals surface area contributed by atoms with Gasteiger partial charge in [-0.2, -0.15) is 0 Å².